The molecule has 27 heavy (non-hydrogen) atoms. The van der Waals surface area contributed by atoms with E-state index in [-0.39, 0.29) is 11.6 Å². The fourth-order valence-corrected chi connectivity index (χ4v) is 2.54. The van der Waals surface area contributed by atoms with Crippen LogP contribution in [0, 0.1) is 24.0 Å². The van der Waals surface area contributed by atoms with Crippen molar-refractivity contribution in [1.82, 2.24) is 4.90 Å². The topological polar surface area (TPSA) is 84.7 Å². The van der Waals surface area contributed by atoms with Gasteiger partial charge in [-0.25, -0.2) is 0 Å². The Morgan fingerprint density at radius 3 is 2.63 bits per heavy atom. The van der Waals surface area contributed by atoms with Crippen molar-refractivity contribution in [2.75, 3.05) is 32.1 Å². The molecule has 0 heterocycles. The minimum atomic E-state index is -0.452. The van der Waals surface area contributed by atoms with Gasteiger partial charge in [0.1, 0.15) is 12.4 Å². The van der Waals surface area contributed by atoms with Crippen LogP contribution < -0.4 is 10.1 Å². The summed E-state index contributed by atoms with van der Waals surface area (Å²) in [6.07, 6.45) is 0.331. The highest BCUT2D eigenvalue weighted by Crippen LogP contribution is 2.21. The Morgan fingerprint density at radius 1 is 1.19 bits per heavy atom. The van der Waals surface area contributed by atoms with Crippen LogP contribution in [0.25, 0.3) is 0 Å². The minimum Gasteiger partial charge on any atom is -0.492 e. The summed E-state index contributed by atoms with van der Waals surface area (Å²) in [4.78, 5) is 24.5. The van der Waals surface area contributed by atoms with Gasteiger partial charge < -0.3 is 15.0 Å². The number of non-ortho nitro benzene ring substituents is 1. The summed E-state index contributed by atoms with van der Waals surface area (Å²) in [6.45, 7) is 5.59. The van der Waals surface area contributed by atoms with E-state index < -0.39 is 4.92 Å². The van der Waals surface area contributed by atoms with Crippen molar-refractivity contribution in [2.45, 2.75) is 20.3 Å². The number of nitrogens with zero attached hydrogens (tertiary/aromatic N) is 2. The lowest BCUT2D eigenvalue weighted by Crippen LogP contribution is -2.28. The Hall–Kier alpha value is -2.93. The summed E-state index contributed by atoms with van der Waals surface area (Å²) in [5, 5.41) is 13.6. The molecule has 1 N–H and O–H groups in total. The summed E-state index contributed by atoms with van der Waals surface area (Å²) in [5.41, 5.74) is 2.42. The van der Waals surface area contributed by atoms with Crippen molar-refractivity contribution < 1.29 is 14.5 Å². The normalized spacial score (nSPS) is 10.7. The first-order chi connectivity index (χ1) is 12.8. The Kier molecular flexibility index (Phi) is 7.31. The number of anilines is 1. The zero-order chi connectivity index (χ0) is 19.8. The molecule has 0 saturated heterocycles. The van der Waals surface area contributed by atoms with Crippen LogP contribution >= 0.6 is 0 Å². The van der Waals surface area contributed by atoms with E-state index in [1.807, 2.05) is 43.1 Å². The molecule has 2 aromatic rings. The van der Waals surface area contributed by atoms with Crippen LogP contribution in [0.15, 0.2) is 42.5 Å². The Labute approximate surface area is 159 Å². The molecular formula is C20H25N3O4. The number of ether oxygens (including phenoxy) is 1. The predicted molar refractivity (Wildman–Crippen MR) is 105 cm³/mol. The molecule has 1 amide bonds. The maximum absolute atomic E-state index is 12.1. The summed E-state index contributed by atoms with van der Waals surface area (Å²) >= 11 is 0. The zero-order valence-electron chi connectivity index (χ0n) is 15.9. The second-order valence-electron chi connectivity index (χ2n) is 6.52. The summed E-state index contributed by atoms with van der Waals surface area (Å²) < 4.78 is 5.71. The molecule has 0 aliphatic heterocycles. The number of amides is 1. The number of likely N-dealkylation sites (N-methyl/N-ethyl adjacent to an activating group) is 1. The van der Waals surface area contributed by atoms with Crippen LogP contribution in [0.5, 0.6) is 5.75 Å². The van der Waals surface area contributed by atoms with Gasteiger partial charge in [0.25, 0.3) is 5.69 Å². The number of carbonyl (C=O) groups is 1. The fourth-order valence-electron chi connectivity index (χ4n) is 2.54. The maximum Gasteiger partial charge on any atom is 0.269 e. The maximum atomic E-state index is 12.1. The molecule has 7 nitrogen and oxygen atoms in total. The van der Waals surface area contributed by atoms with Gasteiger partial charge in [-0.2, -0.15) is 0 Å². The number of nitro groups is 1. The second-order valence-corrected chi connectivity index (χ2v) is 6.52. The highest BCUT2D eigenvalue weighted by molar-refractivity contribution is 5.91. The summed E-state index contributed by atoms with van der Waals surface area (Å²) in [7, 11) is 1.93. The highest BCUT2D eigenvalue weighted by Gasteiger charge is 2.11. The van der Waals surface area contributed by atoms with Gasteiger partial charge in [0, 0.05) is 37.3 Å². The van der Waals surface area contributed by atoms with Crippen molar-refractivity contribution in [3.8, 4) is 5.75 Å². The molecule has 0 radical (unpaired) electrons. The average Bonchev–Trinajstić information content (AvgIpc) is 2.61. The fraction of sp³-hybridized carbons (Fsp3) is 0.350. The van der Waals surface area contributed by atoms with Gasteiger partial charge in [-0.05, 0) is 50.2 Å². The van der Waals surface area contributed by atoms with Gasteiger partial charge in [0.2, 0.25) is 5.91 Å². The van der Waals surface area contributed by atoms with E-state index in [1.165, 1.54) is 12.1 Å². The smallest absolute Gasteiger partial charge is 0.269 e. The number of aryl methyl sites for hydroxylation is 2. The van der Waals surface area contributed by atoms with Gasteiger partial charge in [-0.3, -0.25) is 14.9 Å². The molecule has 0 spiro atoms. The first-order valence-electron chi connectivity index (χ1n) is 8.78. The Balaban J connectivity index is 1.72. The summed E-state index contributed by atoms with van der Waals surface area (Å²) in [5.74, 6) is 0.716. The van der Waals surface area contributed by atoms with Crippen molar-refractivity contribution in [2.24, 2.45) is 0 Å². The molecule has 0 aliphatic carbocycles. The molecule has 0 aromatic heterocycles. The Morgan fingerprint density at radius 2 is 1.96 bits per heavy atom. The van der Waals surface area contributed by atoms with Crippen LogP contribution in [-0.4, -0.2) is 42.5 Å². The lowest BCUT2D eigenvalue weighted by atomic mass is 10.1. The first kappa shape index (κ1) is 20.4. The van der Waals surface area contributed by atoms with Gasteiger partial charge in [-0.1, -0.05) is 12.1 Å². The van der Waals surface area contributed by atoms with E-state index in [0.717, 1.165) is 11.3 Å². The molecular weight excluding hydrogens is 346 g/mol. The van der Waals surface area contributed by atoms with Gasteiger partial charge in [0.05, 0.1) is 4.92 Å². The second kappa shape index (κ2) is 9.68. The third-order valence-electron chi connectivity index (χ3n) is 4.15. The molecule has 0 saturated carbocycles. The van der Waals surface area contributed by atoms with E-state index in [0.29, 0.717) is 37.4 Å². The summed E-state index contributed by atoms with van der Waals surface area (Å²) in [6, 6.07) is 12.3. The number of hydrogen-bond acceptors (Lipinski definition) is 5. The highest BCUT2D eigenvalue weighted by atomic mass is 16.6. The van der Waals surface area contributed by atoms with Crippen LogP contribution in [0.1, 0.15) is 17.5 Å². The van der Waals surface area contributed by atoms with E-state index in [9.17, 15) is 14.9 Å². The SMILES string of the molecule is Cc1cccc(OCCN(C)CCC(=O)Nc2ccc([N+](=O)[O-])cc2C)c1. The van der Waals surface area contributed by atoms with Crippen molar-refractivity contribution in [3.05, 3.63) is 63.7 Å². The largest absolute Gasteiger partial charge is 0.492 e. The lowest BCUT2D eigenvalue weighted by Gasteiger charge is -2.17. The lowest BCUT2D eigenvalue weighted by molar-refractivity contribution is -0.384. The van der Waals surface area contributed by atoms with E-state index in [2.05, 4.69) is 5.32 Å². The van der Waals surface area contributed by atoms with Gasteiger partial charge in [0.15, 0.2) is 0 Å². The molecule has 0 atom stereocenters. The number of benzene rings is 2. The third kappa shape index (κ3) is 6.71. The number of hydrogen-bond donors (Lipinski definition) is 1. The number of rotatable bonds is 9. The molecule has 0 unspecified atom stereocenters. The van der Waals surface area contributed by atoms with Crippen LogP contribution in [0.4, 0.5) is 11.4 Å². The van der Waals surface area contributed by atoms with E-state index in [1.54, 1.807) is 13.0 Å². The molecule has 2 rings (SSSR count). The standard InChI is InChI=1S/C20H25N3O4/c1-15-5-4-6-18(13-15)27-12-11-22(3)10-9-20(24)21-19-8-7-17(23(25)26)14-16(19)2/h4-8,13-14H,9-12H2,1-3H3,(H,21,24). The molecule has 7 heteroatoms. The molecule has 144 valence electrons. The number of nitro benzene ring substituents is 1. The zero-order valence-corrected chi connectivity index (χ0v) is 15.9. The molecule has 0 fully saturated rings. The third-order valence-corrected chi connectivity index (χ3v) is 4.15. The van der Waals surface area contributed by atoms with Crippen LogP contribution in [-0.2, 0) is 4.79 Å². The number of carbonyl (C=O) groups excluding carboxylic acids is 1. The van der Waals surface area contributed by atoms with Crippen LogP contribution in [0.2, 0.25) is 0 Å². The average molecular weight is 371 g/mol. The quantitative estimate of drug-likeness (QED) is 0.538. The van der Waals surface area contributed by atoms with Crippen molar-refractivity contribution in [1.29, 1.82) is 0 Å². The first-order valence-corrected chi connectivity index (χ1v) is 8.78. The molecule has 0 bridgehead atoms. The monoisotopic (exact) mass is 371 g/mol. The van der Waals surface area contributed by atoms with Crippen molar-refractivity contribution in [3.63, 3.8) is 0 Å². The van der Waals surface area contributed by atoms with E-state index >= 15 is 0 Å². The van der Waals surface area contributed by atoms with Gasteiger partial charge in [-0.15, -0.1) is 0 Å². The van der Waals surface area contributed by atoms with E-state index in [4.69, 9.17) is 4.74 Å². The van der Waals surface area contributed by atoms with Crippen LogP contribution in [0.3, 0.4) is 0 Å². The Bertz CT molecular complexity index is 808. The molecule has 0 aliphatic rings. The minimum absolute atomic E-state index is 0.0128. The van der Waals surface area contributed by atoms with Gasteiger partial charge >= 0.3 is 0 Å². The molecule has 2 aromatic carbocycles. The van der Waals surface area contributed by atoms with Crippen molar-refractivity contribution >= 4 is 17.3 Å². The predicted octanol–water partition coefficient (Wildman–Crippen LogP) is 3.55. The number of nitrogens with one attached hydrogen (secondary N) is 1.